The van der Waals surface area contributed by atoms with Crippen LogP contribution in [0.1, 0.15) is 18.2 Å². The van der Waals surface area contributed by atoms with Crippen LogP contribution in [0.25, 0.3) is 11.5 Å². The zero-order valence-corrected chi connectivity index (χ0v) is 14.4. The zero-order valence-electron chi connectivity index (χ0n) is 13.6. The monoisotopic (exact) mass is 353 g/mol. The molecule has 1 heterocycles. The molecule has 0 unspecified atom stereocenters. The predicted molar refractivity (Wildman–Crippen MR) is 96.6 cm³/mol. The highest BCUT2D eigenvalue weighted by molar-refractivity contribution is 6.30. The number of nitrogens with one attached hydrogen (secondary N) is 1. The summed E-state index contributed by atoms with van der Waals surface area (Å²) in [6.07, 6.45) is 0. The van der Waals surface area contributed by atoms with Crippen molar-refractivity contribution in [1.29, 1.82) is 5.26 Å². The number of rotatable bonds is 6. The highest BCUT2D eigenvalue weighted by Crippen LogP contribution is 2.27. The Morgan fingerprint density at radius 1 is 1.16 bits per heavy atom. The molecule has 2 aromatic carbocycles. The number of benzene rings is 2. The van der Waals surface area contributed by atoms with Crippen molar-refractivity contribution in [1.82, 2.24) is 4.98 Å². The molecule has 25 heavy (non-hydrogen) atoms. The Morgan fingerprint density at radius 2 is 1.88 bits per heavy atom. The van der Waals surface area contributed by atoms with Gasteiger partial charge in [-0.1, -0.05) is 23.7 Å². The maximum Gasteiger partial charge on any atom is 0.232 e. The summed E-state index contributed by atoms with van der Waals surface area (Å²) in [6, 6.07) is 16.9. The lowest BCUT2D eigenvalue weighted by atomic mass is 10.2. The van der Waals surface area contributed by atoms with E-state index in [2.05, 4.69) is 10.3 Å². The zero-order chi connectivity index (χ0) is 17.6. The van der Waals surface area contributed by atoms with Gasteiger partial charge in [0.15, 0.2) is 0 Å². The van der Waals surface area contributed by atoms with E-state index in [1.54, 1.807) is 0 Å². The van der Waals surface area contributed by atoms with Crippen LogP contribution in [-0.4, -0.2) is 11.5 Å². The Bertz CT molecular complexity index is 881. The van der Waals surface area contributed by atoms with E-state index in [1.807, 2.05) is 61.5 Å². The molecule has 0 saturated carbocycles. The molecule has 3 aromatic rings. The Hall–Kier alpha value is -2.97. The van der Waals surface area contributed by atoms with Gasteiger partial charge in [0.1, 0.15) is 18.4 Å². The fourth-order valence-electron chi connectivity index (χ4n) is 2.24. The molecule has 0 aliphatic carbocycles. The molecule has 0 saturated heterocycles. The summed E-state index contributed by atoms with van der Waals surface area (Å²) in [5.41, 5.74) is 2.06. The first-order valence-corrected chi connectivity index (χ1v) is 8.20. The molecule has 0 aliphatic heterocycles. The van der Waals surface area contributed by atoms with Crippen LogP contribution in [0.3, 0.4) is 0 Å². The van der Waals surface area contributed by atoms with Crippen molar-refractivity contribution in [3.63, 3.8) is 0 Å². The second-order valence-electron chi connectivity index (χ2n) is 5.28. The quantitative estimate of drug-likeness (QED) is 0.684. The smallest absolute Gasteiger partial charge is 0.232 e. The molecule has 0 aliphatic rings. The van der Waals surface area contributed by atoms with E-state index in [0.29, 0.717) is 29.9 Å². The number of nitrogens with zero attached hydrogens (tertiary/aromatic N) is 2. The van der Waals surface area contributed by atoms with Crippen LogP contribution >= 0.6 is 11.6 Å². The van der Waals surface area contributed by atoms with E-state index < -0.39 is 0 Å². The molecule has 5 nitrogen and oxygen atoms in total. The minimum atomic E-state index is 0.250. The van der Waals surface area contributed by atoms with Crippen LogP contribution in [-0.2, 0) is 6.61 Å². The Morgan fingerprint density at radius 3 is 2.52 bits per heavy atom. The summed E-state index contributed by atoms with van der Waals surface area (Å²) >= 11 is 5.87. The van der Waals surface area contributed by atoms with Gasteiger partial charge in [-0.25, -0.2) is 0 Å². The van der Waals surface area contributed by atoms with Crippen molar-refractivity contribution in [3.05, 3.63) is 64.8 Å². The molecule has 0 bridgehead atoms. The van der Waals surface area contributed by atoms with Crippen LogP contribution in [0.5, 0.6) is 5.75 Å². The Kier molecular flexibility index (Phi) is 5.22. The number of nitriles is 1. The number of halogens is 1. The van der Waals surface area contributed by atoms with E-state index in [4.69, 9.17) is 26.0 Å². The molecular formula is C19H16ClN3O2. The molecule has 0 amide bonds. The van der Waals surface area contributed by atoms with Crippen molar-refractivity contribution in [3.8, 4) is 23.3 Å². The van der Waals surface area contributed by atoms with E-state index >= 15 is 0 Å². The lowest BCUT2D eigenvalue weighted by Gasteiger charge is -2.06. The highest BCUT2D eigenvalue weighted by atomic mass is 35.5. The predicted octanol–water partition coefficient (Wildman–Crippen LogP) is 4.88. The van der Waals surface area contributed by atoms with Gasteiger partial charge in [-0.05, 0) is 48.9 Å². The lowest BCUT2D eigenvalue weighted by molar-refractivity contribution is 0.306. The van der Waals surface area contributed by atoms with E-state index in [9.17, 15) is 0 Å². The molecule has 0 radical (unpaired) electrons. The summed E-state index contributed by atoms with van der Waals surface area (Å²) in [7, 11) is 0. The highest BCUT2D eigenvalue weighted by Gasteiger charge is 2.13. The van der Waals surface area contributed by atoms with Crippen molar-refractivity contribution >= 4 is 17.5 Å². The largest absolute Gasteiger partial charge is 0.489 e. The summed E-state index contributed by atoms with van der Waals surface area (Å²) in [6.45, 7) is 3.04. The second kappa shape index (κ2) is 7.73. The van der Waals surface area contributed by atoms with E-state index in [1.165, 1.54) is 0 Å². The van der Waals surface area contributed by atoms with E-state index in [0.717, 1.165) is 16.9 Å². The first kappa shape index (κ1) is 16.9. The average molecular weight is 354 g/mol. The van der Waals surface area contributed by atoms with Gasteiger partial charge >= 0.3 is 0 Å². The first-order valence-electron chi connectivity index (χ1n) is 7.82. The minimum Gasteiger partial charge on any atom is -0.489 e. The SMILES string of the molecule is CCNc1oc(-c2ccc(OCc3ccc(Cl)cc3)cc2)nc1C#N. The van der Waals surface area contributed by atoms with Crippen molar-refractivity contribution in [2.45, 2.75) is 13.5 Å². The maximum atomic E-state index is 9.10. The van der Waals surface area contributed by atoms with Gasteiger partial charge in [-0.2, -0.15) is 10.2 Å². The molecule has 1 aromatic heterocycles. The van der Waals surface area contributed by atoms with Crippen LogP contribution in [0.2, 0.25) is 5.02 Å². The van der Waals surface area contributed by atoms with Gasteiger partial charge in [0.05, 0.1) is 0 Å². The third-order valence-electron chi connectivity index (χ3n) is 3.49. The number of oxazole rings is 1. The Labute approximate surface area is 150 Å². The third kappa shape index (κ3) is 4.11. The summed E-state index contributed by atoms with van der Waals surface area (Å²) in [5.74, 6) is 1.53. The molecule has 0 fully saturated rings. The van der Waals surface area contributed by atoms with Crippen molar-refractivity contribution in [2.24, 2.45) is 0 Å². The fourth-order valence-corrected chi connectivity index (χ4v) is 2.37. The molecular weight excluding hydrogens is 338 g/mol. The normalized spacial score (nSPS) is 10.3. The summed E-state index contributed by atoms with van der Waals surface area (Å²) < 4.78 is 11.4. The number of anilines is 1. The van der Waals surface area contributed by atoms with Gasteiger partial charge in [0, 0.05) is 17.1 Å². The van der Waals surface area contributed by atoms with Crippen LogP contribution in [0, 0.1) is 11.3 Å². The summed E-state index contributed by atoms with van der Waals surface area (Å²) in [4.78, 5) is 4.21. The first-order chi connectivity index (χ1) is 12.2. The molecule has 126 valence electrons. The Balaban J connectivity index is 1.69. The van der Waals surface area contributed by atoms with Crippen molar-refractivity contribution < 1.29 is 9.15 Å². The van der Waals surface area contributed by atoms with Crippen LogP contribution in [0.4, 0.5) is 5.88 Å². The number of ether oxygens (including phenoxy) is 1. The number of aromatic nitrogens is 1. The van der Waals surface area contributed by atoms with Gasteiger partial charge in [0.2, 0.25) is 17.5 Å². The van der Waals surface area contributed by atoms with Crippen LogP contribution < -0.4 is 10.1 Å². The van der Waals surface area contributed by atoms with Crippen LogP contribution in [0.15, 0.2) is 52.9 Å². The number of hydrogen-bond acceptors (Lipinski definition) is 5. The molecule has 3 rings (SSSR count). The molecule has 0 atom stereocenters. The molecule has 0 spiro atoms. The standard InChI is InChI=1S/C19H16ClN3O2/c1-2-22-19-17(11-21)23-18(25-19)14-5-9-16(10-6-14)24-12-13-3-7-15(20)8-4-13/h3-10,22H,2,12H2,1H3. The number of hydrogen-bond donors (Lipinski definition) is 1. The lowest BCUT2D eigenvalue weighted by Crippen LogP contribution is -1.96. The average Bonchev–Trinajstić information content (AvgIpc) is 3.05. The summed E-state index contributed by atoms with van der Waals surface area (Å²) in [5, 5.41) is 12.8. The second-order valence-corrected chi connectivity index (χ2v) is 5.71. The molecule has 6 heteroatoms. The topological polar surface area (TPSA) is 71.1 Å². The minimum absolute atomic E-state index is 0.250. The van der Waals surface area contributed by atoms with Crippen molar-refractivity contribution in [2.75, 3.05) is 11.9 Å². The van der Waals surface area contributed by atoms with E-state index in [-0.39, 0.29) is 5.69 Å². The van der Waals surface area contributed by atoms with Gasteiger partial charge < -0.3 is 14.5 Å². The van der Waals surface area contributed by atoms with Gasteiger partial charge in [-0.3, -0.25) is 0 Å². The van der Waals surface area contributed by atoms with Gasteiger partial charge in [-0.15, -0.1) is 0 Å². The fraction of sp³-hybridized carbons (Fsp3) is 0.158. The molecule has 1 N–H and O–H groups in total. The van der Waals surface area contributed by atoms with Gasteiger partial charge in [0.25, 0.3) is 0 Å². The third-order valence-corrected chi connectivity index (χ3v) is 3.74. The maximum absolute atomic E-state index is 9.10.